The second-order valence-electron chi connectivity index (χ2n) is 2.70. The summed E-state index contributed by atoms with van der Waals surface area (Å²) in [5, 5.41) is 3.54. The van der Waals surface area contributed by atoms with Crippen molar-refractivity contribution >= 4 is 28.5 Å². The lowest BCUT2D eigenvalue weighted by molar-refractivity contribution is 0.0975. The fourth-order valence-electron chi connectivity index (χ4n) is 1.08. The number of carbonyl (C=O) groups is 1. The minimum absolute atomic E-state index is 0.0134. The molecule has 0 bridgehead atoms. The maximum absolute atomic E-state index is 11.6. The summed E-state index contributed by atoms with van der Waals surface area (Å²) < 4.78 is 1.42. The highest BCUT2D eigenvalue weighted by molar-refractivity contribution is 7.12. The minimum Gasteiger partial charge on any atom is -0.298 e. The maximum atomic E-state index is 11.6. The Balaban J connectivity index is 2.17. The monoisotopic (exact) mass is 225 g/mol. The molecule has 0 aliphatic rings. The molecule has 0 amide bonds. The zero-order valence-electron chi connectivity index (χ0n) is 7.17. The molecule has 0 aromatic carbocycles. The van der Waals surface area contributed by atoms with Crippen LogP contribution in [0.2, 0.25) is 0 Å². The van der Waals surface area contributed by atoms with E-state index in [9.17, 15) is 9.59 Å². The minimum atomic E-state index is -0.0880. The van der Waals surface area contributed by atoms with E-state index in [1.165, 1.54) is 15.9 Å². The molecule has 0 aliphatic carbocycles. The van der Waals surface area contributed by atoms with E-state index in [-0.39, 0.29) is 17.2 Å². The van der Waals surface area contributed by atoms with Gasteiger partial charge in [0.2, 0.25) is 0 Å². The van der Waals surface area contributed by atoms with Crippen LogP contribution in [-0.2, 0) is 6.54 Å². The first kappa shape index (κ1) is 9.36. The van der Waals surface area contributed by atoms with Crippen molar-refractivity contribution in [3.63, 3.8) is 0 Å². The number of hydrogen-bond donors (Lipinski definition) is 0. The first-order chi connectivity index (χ1) is 6.77. The molecule has 0 spiro atoms. The Labute approximate surface area is 88.3 Å². The van der Waals surface area contributed by atoms with Crippen LogP contribution < -0.4 is 4.87 Å². The molecular weight excluding hydrogens is 218 g/mol. The number of thiazole rings is 1. The Morgan fingerprint density at radius 1 is 1.36 bits per heavy atom. The van der Waals surface area contributed by atoms with E-state index in [0.717, 1.165) is 11.3 Å². The molecule has 0 atom stereocenters. The molecule has 0 aliphatic heterocycles. The summed E-state index contributed by atoms with van der Waals surface area (Å²) in [4.78, 5) is 23.3. The Hall–Kier alpha value is -1.20. The Morgan fingerprint density at radius 3 is 2.79 bits per heavy atom. The van der Waals surface area contributed by atoms with Gasteiger partial charge in [-0.1, -0.05) is 17.4 Å². The van der Waals surface area contributed by atoms with Crippen LogP contribution >= 0.6 is 22.7 Å². The van der Waals surface area contributed by atoms with Crippen molar-refractivity contribution in [1.29, 1.82) is 0 Å². The number of carbonyl (C=O) groups excluding carboxylic acids is 1. The summed E-state index contributed by atoms with van der Waals surface area (Å²) in [6.45, 7) is 0.142. The molecular formula is C9H7NO2S2. The van der Waals surface area contributed by atoms with Crippen LogP contribution in [0.25, 0.3) is 0 Å². The summed E-state index contributed by atoms with van der Waals surface area (Å²) in [6.07, 6.45) is 1.64. The summed E-state index contributed by atoms with van der Waals surface area (Å²) >= 11 is 2.50. The summed E-state index contributed by atoms with van der Waals surface area (Å²) in [7, 11) is 0. The van der Waals surface area contributed by atoms with Gasteiger partial charge in [-0.25, -0.2) is 0 Å². The zero-order valence-corrected chi connectivity index (χ0v) is 8.81. The van der Waals surface area contributed by atoms with Crippen molar-refractivity contribution in [3.05, 3.63) is 43.6 Å². The second-order valence-corrected chi connectivity index (χ2v) is 4.50. The Bertz CT molecular complexity index is 481. The first-order valence-corrected chi connectivity index (χ1v) is 5.74. The van der Waals surface area contributed by atoms with Crippen LogP contribution in [0.15, 0.2) is 33.9 Å². The zero-order chi connectivity index (χ0) is 9.97. The van der Waals surface area contributed by atoms with Gasteiger partial charge in [-0.15, -0.1) is 11.3 Å². The molecule has 0 unspecified atom stereocenters. The number of aromatic nitrogens is 1. The number of nitrogens with zero attached hydrogens (tertiary/aromatic N) is 1. The molecule has 5 heteroatoms. The van der Waals surface area contributed by atoms with Crippen LogP contribution in [-0.4, -0.2) is 10.4 Å². The lowest BCUT2D eigenvalue weighted by atomic mass is 10.3. The highest BCUT2D eigenvalue weighted by Gasteiger charge is 2.08. The quantitative estimate of drug-likeness (QED) is 0.748. The van der Waals surface area contributed by atoms with E-state index in [2.05, 4.69) is 0 Å². The summed E-state index contributed by atoms with van der Waals surface area (Å²) in [5.41, 5.74) is 0. The van der Waals surface area contributed by atoms with Crippen LogP contribution in [0.1, 0.15) is 9.67 Å². The van der Waals surface area contributed by atoms with Crippen molar-refractivity contribution in [3.8, 4) is 0 Å². The molecule has 0 saturated carbocycles. The Morgan fingerprint density at radius 2 is 2.21 bits per heavy atom. The maximum Gasteiger partial charge on any atom is 0.307 e. The molecule has 0 radical (unpaired) electrons. The smallest absolute Gasteiger partial charge is 0.298 e. The summed E-state index contributed by atoms with van der Waals surface area (Å²) in [5.74, 6) is -0.0134. The number of Topliss-reactive ketones (excluding diaryl/α,β-unsaturated/α-hetero) is 1. The number of hydrogen-bond acceptors (Lipinski definition) is 4. The molecule has 2 aromatic heterocycles. The lowest BCUT2D eigenvalue weighted by Crippen LogP contribution is -2.17. The highest BCUT2D eigenvalue weighted by atomic mass is 32.1. The van der Waals surface area contributed by atoms with Crippen molar-refractivity contribution < 1.29 is 4.79 Å². The van der Waals surface area contributed by atoms with Crippen LogP contribution in [0.3, 0.4) is 0 Å². The Kier molecular flexibility index (Phi) is 2.60. The molecule has 14 heavy (non-hydrogen) atoms. The summed E-state index contributed by atoms with van der Waals surface area (Å²) in [6, 6.07) is 3.60. The molecule has 72 valence electrons. The van der Waals surface area contributed by atoms with Gasteiger partial charge in [0.15, 0.2) is 5.78 Å². The predicted octanol–water partition coefficient (Wildman–Crippen LogP) is 1.85. The van der Waals surface area contributed by atoms with E-state index in [4.69, 9.17) is 0 Å². The van der Waals surface area contributed by atoms with E-state index >= 15 is 0 Å². The molecule has 2 aromatic rings. The first-order valence-electron chi connectivity index (χ1n) is 3.98. The normalized spacial score (nSPS) is 10.3. The van der Waals surface area contributed by atoms with Gasteiger partial charge in [-0.2, -0.15) is 0 Å². The molecule has 0 fully saturated rings. The largest absolute Gasteiger partial charge is 0.307 e. The van der Waals surface area contributed by atoms with Crippen LogP contribution in [0.4, 0.5) is 0 Å². The molecule has 3 nitrogen and oxygen atoms in total. The van der Waals surface area contributed by atoms with E-state index in [1.807, 2.05) is 11.4 Å². The van der Waals surface area contributed by atoms with Gasteiger partial charge >= 0.3 is 4.87 Å². The third-order valence-corrected chi connectivity index (χ3v) is 3.36. The van der Waals surface area contributed by atoms with E-state index in [0.29, 0.717) is 4.88 Å². The van der Waals surface area contributed by atoms with Crippen LogP contribution in [0.5, 0.6) is 0 Å². The van der Waals surface area contributed by atoms with Crippen LogP contribution in [0, 0.1) is 0 Å². The van der Waals surface area contributed by atoms with Gasteiger partial charge in [-0.05, 0) is 11.4 Å². The lowest BCUT2D eigenvalue weighted by Gasteiger charge is -1.97. The fraction of sp³-hybridized carbons (Fsp3) is 0.111. The van der Waals surface area contributed by atoms with E-state index < -0.39 is 0 Å². The van der Waals surface area contributed by atoms with Gasteiger partial charge in [-0.3, -0.25) is 14.2 Å². The van der Waals surface area contributed by atoms with Gasteiger partial charge in [0.05, 0.1) is 11.4 Å². The van der Waals surface area contributed by atoms with Crippen molar-refractivity contribution in [2.24, 2.45) is 0 Å². The fourth-order valence-corrected chi connectivity index (χ4v) is 2.32. The number of ketones is 1. The third-order valence-electron chi connectivity index (χ3n) is 1.75. The van der Waals surface area contributed by atoms with Crippen molar-refractivity contribution in [1.82, 2.24) is 4.57 Å². The van der Waals surface area contributed by atoms with Gasteiger partial charge in [0.1, 0.15) is 0 Å². The average molecular weight is 225 g/mol. The SMILES string of the molecule is O=C(Cn1ccsc1=O)c1cccs1. The number of rotatable bonds is 3. The van der Waals surface area contributed by atoms with Crippen molar-refractivity contribution in [2.45, 2.75) is 6.54 Å². The van der Waals surface area contributed by atoms with E-state index in [1.54, 1.807) is 17.6 Å². The average Bonchev–Trinajstić information content (AvgIpc) is 2.77. The molecule has 0 N–H and O–H groups in total. The van der Waals surface area contributed by atoms with Gasteiger partial charge in [0, 0.05) is 11.6 Å². The topological polar surface area (TPSA) is 39.1 Å². The number of thiophene rings is 1. The predicted molar refractivity (Wildman–Crippen MR) is 57.2 cm³/mol. The molecule has 0 saturated heterocycles. The second kappa shape index (κ2) is 3.89. The van der Waals surface area contributed by atoms with Crippen molar-refractivity contribution in [2.75, 3.05) is 0 Å². The standard InChI is InChI=1S/C9H7NO2S2/c11-7(8-2-1-4-13-8)6-10-3-5-14-9(10)12/h1-5H,6H2. The highest BCUT2D eigenvalue weighted by Crippen LogP contribution is 2.09. The third kappa shape index (κ3) is 1.83. The van der Waals surface area contributed by atoms with Gasteiger partial charge in [0.25, 0.3) is 0 Å². The molecule has 2 heterocycles. The molecule has 2 rings (SSSR count). The van der Waals surface area contributed by atoms with Gasteiger partial charge < -0.3 is 0 Å².